The van der Waals surface area contributed by atoms with Gasteiger partial charge in [-0.2, -0.15) is 11.3 Å². The van der Waals surface area contributed by atoms with Crippen LogP contribution in [0.5, 0.6) is 0 Å². The van der Waals surface area contributed by atoms with Gasteiger partial charge in [0.1, 0.15) is 5.88 Å². The van der Waals surface area contributed by atoms with Gasteiger partial charge in [-0.05, 0) is 18.4 Å². The van der Waals surface area contributed by atoms with E-state index in [0.717, 1.165) is 5.69 Å². The van der Waals surface area contributed by atoms with Crippen LogP contribution in [0.15, 0.2) is 16.8 Å². The van der Waals surface area contributed by atoms with Gasteiger partial charge in [0, 0.05) is 5.38 Å². The zero-order valence-corrected chi connectivity index (χ0v) is 9.35. The first-order chi connectivity index (χ1) is 6.57. The molecule has 1 fully saturated rings. The van der Waals surface area contributed by atoms with E-state index in [1.165, 1.54) is 16.4 Å². The molecule has 1 aliphatic rings. The third kappa shape index (κ3) is 2.08. The summed E-state index contributed by atoms with van der Waals surface area (Å²) in [6.07, 6.45) is -0.270. The minimum Gasteiger partial charge on any atom is -0.268 e. The minimum atomic E-state index is -3.00. The largest absolute Gasteiger partial charge is 0.268 e. The van der Waals surface area contributed by atoms with Gasteiger partial charge >= 0.3 is 0 Å². The molecule has 0 N–H and O–H groups in total. The smallest absolute Gasteiger partial charge is 0.173 e. The van der Waals surface area contributed by atoms with E-state index in [4.69, 9.17) is 4.84 Å². The zero-order valence-electron chi connectivity index (χ0n) is 7.71. The minimum absolute atomic E-state index is 0.0475. The Morgan fingerprint density at radius 3 is 3.00 bits per heavy atom. The SMILES string of the molecule is CC1CS(=O)(=O)CN(c2ccsc2)O1. The zero-order chi connectivity index (χ0) is 10.2. The number of anilines is 1. The van der Waals surface area contributed by atoms with Crippen molar-refractivity contribution in [3.05, 3.63) is 16.8 Å². The Balaban J connectivity index is 2.22. The van der Waals surface area contributed by atoms with E-state index in [9.17, 15) is 8.42 Å². The Labute approximate surface area is 87.0 Å². The molecule has 78 valence electrons. The predicted molar refractivity (Wildman–Crippen MR) is 56.0 cm³/mol. The Kier molecular flexibility index (Phi) is 2.50. The standard InChI is InChI=1S/C8H11NO3S2/c1-7-5-14(10,11)6-9(12-7)8-2-3-13-4-8/h2-4,7H,5-6H2,1H3. The number of hydroxylamine groups is 1. The Hall–Kier alpha value is -0.590. The molecule has 6 heteroatoms. The maximum atomic E-state index is 11.4. The van der Waals surface area contributed by atoms with Crippen LogP contribution in [0, 0.1) is 0 Å². The summed E-state index contributed by atoms with van der Waals surface area (Å²) in [6.45, 7) is 1.76. The van der Waals surface area contributed by atoms with Crippen molar-refractivity contribution in [3.63, 3.8) is 0 Å². The van der Waals surface area contributed by atoms with Crippen LogP contribution in [0.3, 0.4) is 0 Å². The molecule has 0 bridgehead atoms. The summed E-state index contributed by atoms with van der Waals surface area (Å²) in [5.41, 5.74) is 0.810. The van der Waals surface area contributed by atoms with Crippen LogP contribution in [-0.4, -0.2) is 26.2 Å². The lowest BCUT2D eigenvalue weighted by Gasteiger charge is -2.30. The fourth-order valence-electron chi connectivity index (χ4n) is 1.40. The Morgan fingerprint density at radius 1 is 1.64 bits per heavy atom. The normalized spacial score (nSPS) is 26.4. The molecule has 0 saturated carbocycles. The van der Waals surface area contributed by atoms with E-state index in [2.05, 4.69) is 0 Å². The quantitative estimate of drug-likeness (QED) is 0.732. The van der Waals surface area contributed by atoms with Crippen molar-refractivity contribution in [2.45, 2.75) is 13.0 Å². The number of hydrogen-bond acceptors (Lipinski definition) is 5. The van der Waals surface area contributed by atoms with Gasteiger partial charge in [-0.25, -0.2) is 13.5 Å². The van der Waals surface area contributed by atoms with Gasteiger partial charge in [-0.15, -0.1) is 0 Å². The second-order valence-corrected chi connectivity index (χ2v) is 6.17. The van der Waals surface area contributed by atoms with Crippen LogP contribution in [0.1, 0.15) is 6.92 Å². The molecular weight excluding hydrogens is 222 g/mol. The monoisotopic (exact) mass is 233 g/mol. The summed E-state index contributed by atoms with van der Waals surface area (Å²) in [5, 5.41) is 5.21. The summed E-state index contributed by atoms with van der Waals surface area (Å²) >= 11 is 1.52. The molecule has 2 rings (SSSR count). The number of hydrogen-bond donors (Lipinski definition) is 0. The van der Waals surface area contributed by atoms with Crippen molar-refractivity contribution in [2.24, 2.45) is 0 Å². The molecule has 1 atom stereocenters. The van der Waals surface area contributed by atoms with Crippen molar-refractivity contribution < 1.29 is 13.3 Å². The molecule has 1 unspecified atom stereocenters. The average Bonchev–Trinajstić information content (AvgIpc) is 2.51. The van der Waals surface area contributed by atoms with E-state index < -0.39 is 9.84 Å². The number of rotatable bonds is 1. The van der Waals surface area contributed by atoms with Crippen molar-refractivity contribution in [1.82, 2.24) is 0 Å². The molecule has 0 aliphatic carbocycles. The second kappa shape index (κ2) is 3.52. The van der Waals surface area contributed by atoms with E-state index in [1.54, 1.807) is 6.92 Å². The third-order valence-electron chi connectivity index (χ3n) is 1.90. The summed E-state index contributed by atoms with van der Waals surface area (Å²) in [5.74, 6) is 0.0573. The van der Waals surface area contributed by atoms with Gasteiger partial charge in [0.05, 0.1) is 17.5 Å². The number of nitrogens with zero attached hydrogens (tertiary/aromatic N) is 1. The van der Waals surface area contributed by atoms with Gasteiger partial charge in [0.2, 0.25) is 0 Å². The van der Waals surface area contributed by atoms with E-state index >= 15 is 0 Å². The Bertz CT molecular complexity index is 398. The summed E-state index contributed by atoms with van der Waals surface area (Å²) in [6, 6.07) is 1.85. The van der Waals surface area contributed by atoms with Crippen LogP contribution >= 0.6 is 11.3 Å². The van der Waals surface area contributed by atoms with Gasteiger partial charge < -0.3 is 0 Å². The van der Waals surface area contributed by atoms with Crippen LogP contribution in [0.25, 0.3) is 0 Å². The fraction of sp³-hybridized carbons (Fsp3) is 0.500. The molecule has 0 radical (unpaired) electrons. The lowest BCUT2D eigenvalue weighted by Crippen LogP contribution is -2.43. The van der Waals surface area contributed by atoms with Gasteiger partial charge in [-0.3, -0.25) is 4.84 Å². The molecule has 2 heterocycles. The van der Waals surface area contributed by atoms with Gasteiger partial charge in [0.15, 0.2) is 9.84 Å². The number of sulfone groups is 1. The van der Waals surface area contributed by atoms with Crippen molar-refractivity contribution in [3.8, 4) is 0 Å². The highest BCUT2D eigenvalue weighted by molar-refractivity contribution is 7.91. The highest BCUT2D eigenvalue weighted by atomic mass is 32.2. The summed E-state index contributed by atoms with van der Waals surface area (Å²) in [4.78, 5) is 5.43. The summed E-state index contributed by atoms with van der Waals surface area (Å²) in [7, 11) is -3.00. The van der Waals surface area contributed by atoms with E-state index in [-0.39, 0.29) is 17.7 Å². The van der Waals surface area contributed by atoms with E-state index in [0.29, 0.717) is 0 Å². The highest BCUT2D eigenvalue weighted by Crippen LogP contribution is 2.23. The maximum Gasteiger partial charge on any atom is 0.173 e. The van der Waals surface area contributed by atoms with Crippen LogP contribution in [0.4, 0.5) is 5.69 Å². The molecule has 0 aromatic carbocycles. The Morgan fingerprint density at radius 2 is 2.43 bits per heavy atom. The van der Waals surface area contributed by atoms with Crippen molar-refractivity contribution in [2.75, 3.05) is 16.7 Å². The third-order valence-corrected chi connectivity index (χ3v) is 4.18. The summed E-state index contributed by atoms with van der Waals surface area (Å²) < 4.78 is 22.9. The molecule has 1 aromatic heterocycles. The molecule has 1 aliphatic heterocycles. The molecule has 1 saturated heterocycles. The van der Waals surface area contributed by atoms with E-state index in [1.807, 2.05) is 16.8 Å². The van der Waals surface area contributed by atoms with Crippen LogP contribution < -0.4 is 5.06 Å². The number of thiophene rings is 1. The first kappa shape index (κ1) is 9.95. The van der Waals surface area contributed by atoms with Gasteiger partial charge in [0.25, 0.3) is 0 Å². The lowest BCUT2D eigenvalue weighted by molar-refractivity contribution is 0.0577. The molecule has 0 amide bonds. The molecule has 1 aromatic rings. The molecule has 14 heavy (non-hydrogen) atoms. The van der Waals surface area contributed by atoms with Crippen molar-refractivity contribution in [1.29, 1.82) is 0 Å². The van der Waals surface area contributed by atoms with Crippen LogP contribution in [0.2, 0.25) is 0 Å². The predicted octanol–water partition coefficient (Wildman–Crippen LogP) is 1.26. The maximum absolute atomic E-state index is 11.4. The topological polar surface area (TPSA) is 46.6 Å². The first-order valence-corrected chi connectivity index (χ1v) is 7.00. The lowest BCUT2D eigenvalue weighted by atomic mass is 10.5. The second-order valence-electron chi connectivity index (χ2n) is 3.32. The fourth-order valence-corrected chi connectivity index (χ4v) is 3.48. The molecule has 4 nitrogen and oxygen atoms in total. The van der Waals surface area contributed by atoms with Crippen LogP contribution in [-0.2, 0) is 14.7 Å². The molecule has 0 spiro atoms. The first-order valence-electron chi connectivity index (χ1n) is 4.24. The molecular formula is C8H11NO3S2. The average molecular weight is 233 g/mol. The highest BCUT2D eigenvalue weighted by Gasteiger charge is 2.29. The van der Waals surface area contributed by atoms with Gasteiger partial charge in [-0.1, -0.05) is 0 Å². The van der Waals surface area contributed by atoms with Crippen molar-refractivity contribution >= 4 is 26.9 Å².